The standard InChI is InChI=1S/C87H170O17P2/c1-8-12-13-14-15-16-17-36-42-47-56-63-70-86(91)104-83(75-98-85(90)69-62-55-50-49-53-60-67-80(7)11-4)77-102-106(95,96)100-73-81(88)72-99-105(93,94)101-76-82(103-87(92)71-64-57-48-43-38-33-29-25-21-19-23-27-31-35-40-45-52-59-66-79(6)10-3)74-97-84(89)68-61-54-46-41-37-32-28-24-20-18-22-26-30-34-39-44-51-58-65-78(5)9-2/h78-83,88H,8-77H2,1-7H3,(H,93,94)(H,95,96)/t78?,79?,80?,81-,82-,83-/m1/s1. The molecule has 8 atom stereocenters. The molecule has 0 aromatic rings. The Morgan fingerprint density at radius 2 is 0.453 bits per heavy atom. The Morgan fingerprint density at radius 1 is 0.264 bits per heavy atom. The molecule has 0 rings (SSSR count). The molecule has 0 aliphatic carbocycles. The maximum Gasteiger partial charge on any atom is 0.472 e. The summed E-state index contributed by atoms with van der Waals surface area (Å²) in [6.07, 6.45) is 68.1. The molecule has 0 saturated heterocycles. The lowest BCUT2D eigenvalue weighted by molar-refractivity contribution is -0.161. The molecule has 0 aliphatic heterocycles. The summed E-state index contributed by atoms with van der Waals surface area (Å²) in [6, 6.07) is 0. The molecule has 3 N–H and O–H groups in total. The van der Waals surface area contributed by atoms with Gasteiger partial charge in [-0.3, -0.25) is 37.3 Å². The van der Waals surface area contributed by atoms with Crippen molar-refractivity contribution in [2.24, 2.45) is 17.8 Å². The average molecular weight is 1550 g/mol. The zero-order valence-corrected chi connectivity index (χ0v) is 71.7. The van der Waals surface area contributed by atoms with Crippen molar-refractivity contribution in [1.82, 2.24) is 0 Å². The Labute approximate surface area is 651 Å². The van der Waals surface area contributed by atoms with Gasteiger partial charge in [0.05, 0.1) is 26.4 Å². The fraction of sp³-hybridized carbons (Fsp3) is 0.954. The Kier molecular flexibility index (Phi) is 75.6. The molecular formula is C87H170O17P2. The molecule has 19 heteroatoms. The van der Waals surface area contributed by atoms with Gasteiger partial charge in [-0.2, -0.15) is 0 Å². The van der Waals surface area contributed by atoms with Crippen LogP contribution in [0.15, 0.2) is 0 Å². The van der Waals surface area contributed by atoms with Crippen LogP contribution in [0.3, 0.4) is 0 Å². The van der Waals surface area contributed by atoms with Gasteiger partial charge in [-0.15, -0.1) is 0 Å². The van der Waals surface area contributed by atoms with Gasteiger partial charge in [0.15, 0.2) is 12.2 Å². The second kappa shape index (κ2) is 77.0. The number of carbonyl (C=O) groups is 4. The van der Waals surface area contributed by atoms with Crippen molar-refractivity contribution in [3.63, 3.8) is 0 Å². The van der Waals surface area contributed by atoms with E-state index in [1.165, 1.54) is 263 Å². The number of phosphoric acid groups is 2. The van der Waals surface area contributed by atoms with Crippen LogP contribution in [-0.2, 0) is 65.4 Å². The van der Waals surface area contributed by atoms with Crippen LogP contribution in [0.2, 0.25) is 0 Å². The zero-order chi connectivity index (χ0) is 77.9. The fourth-order valence-electron chi connectivity index (χ4n) is 13.4. The summed E-state index contributed by atoms with van der Waals surface area (Å²) < 4.78 is 68.8. The van der Waals surface area contributed by atoms with Gasteiger partial charge in [0.1, 0.15) is 19.3 Å². The average Bonchev–Trinajstić information content (AvgIpc) is 0.900. The first-order valence-electron chi connectivity index (χ1n) is 45.0. The highest BCUT2D eigenvalue weighted by atomic mass is 31.2. The lowest BCUT2D eigenvalue weighted by Crippen LogP contribution is -2.30. The molecule has 0 saturated carbocycles. The van der Waals surface area contributed by atoms with Gasteiger partial charge >= 0.3 is 39.5 Å². The molecule has 106 heavy (non-hydrogen) atoms. The molecule has 5 unspecified atom stereocenters. The fourth-order valence-corrected chi connectivity index (χ4v) is 15.0. The summed E-state index contributed by atoms with van der Waals surface area (Å²) in [5.41, 5.74) is 0. The summed E-state index contributed by atoms with van der Waals surface area (Å²) in [6.45, 7) is 12.1. The maximum absolute atomic E-state index is 13.2. The molecule has 0 spiro atoms. The van der Waals surface area contributed by atoms with E-state index in [1.807, 2.05) is 0 Å². The summed E-state index contributed by atoms with van der Waals surface area (Å²) in [4.78, 5) is 73.2. The van der Waals surface area contributed by atoms with Gasteiger partial charge in [-0.25, -0.2) is 9.13 Å². The van der Waals surface area contributed by atoms with E-state index < -0.39 is 97.5 Å². The molecule has 0 bridgehead atoms. The number of aliphatic hydroxyl groups excluding tert-OH is 1. The summed E-state index contributed by atoms with van der Waals surface area (Å²) in [5.74, 6) is 0.371. The number of ether oxygens (including phenoxy) is 4. The van der Waals surface area contributed by atoms with E-state index >= 15 is 0 Å². The van der Waals surface area contributed by atoms with Gasteiger partial charge < -0.3 is 33.8 Å². The molecular weight excluding hydrogens is 1380 g/mol. The monoisotopic (exact) mass is 1550 g/mol. The van der Waals surface area contributed by atoms with Crippen molar-refractivity contribution in [3.8, 4) is 0 Å². The Balaban J connectivity index is 5.19. The third-order valence-corrected chi connectivity index (χ3v) is 23.4. The van der Waals surface area contributed by atoms with Crippen molar-refractivity contribution < 1.29 is 80.2 Å². The quantitative estimate of drug-likeness (QED) is 0.0222. The van der Waals surface area contributed by atoms with Gasteiger partial charge in [-0.1, -0.05) is 408 Å². The highest BCUT2D eigenvalue weighted by molar-refractivity contribution is 7.47. The van der Waals surface area contributed by atoms with Crippen LogP contribution < -0.4 is 0 Å². The topological polar surface area (TPSA) is 237 Å². The third-order valence-electron chi connectivity index (χ3n) is 21.5. The van der Waals surface area contributed by atoms with Crippen molar-refractivity contribution >= 4 is 39.5 Å². The van der Waals surface area contributed by atoms with Gasteiger partial charge in [0.2, 0.25) is 0 Å². The number of hydrogen-bond donors (Lipinski definition) is 3. The Morgan fingerprint density at radius 3 is 0.670 bits per heavy atom. The van der Waals surface area contributed by atoms with Crippen molar-refractivity contribution in [3.05, 3.63) is 0 Å². The number of phosphoric ester groups is 2. The first-order chi connectivity index (χ1) is 51.3. The Hall–Kier alpha value is -1.94. The van der Waals surface area contributed by atoms with E-state index in [2.05, 4.69) is 48.5 Å². The normalized spacial score (nSPS) is 14.6. The van der Waals surface area contributed by atoms with Gasteiger partial charge in [0, 0.05) is 25.7 Å². The predicted octanol–water partition coefficient (Wildman–Crippen LogP) is 26.5. The molecule has 0 amide bonds. The molecule has 0 aromatic carbocycles. The second-order valence-electron chi connectivity index (χ2n) is 32.0. The van der Waals surface area contributed by atoms with E-state index in [0.29, 0.717) is 25.7 Å². The highest BCUT2D eigenvalue weighted by Crippen LogP contribution is 2.45. The van der Waals surface area contributed by atoms with Gasteiger partial charge in [-0.05, 0) is 43.4 Å². The van der Waals surface area contributed by atoms with Crippen LogP contribution in [0.25, 0.3) is 0 Å². The first kappa shape index (κ1) is 104. The van der Waals surface area contributed by atoms with E-state index in [-0.39, 0.29) is 25.7 Å². The minimum atomic E-state index is -4.97. The number of hydrogen-bond acceptors (Lipinski definition) is 15. The number of esters is 4. The van der Waals surface area contributed by atoms with E-state index in [0.717, 1.165) is 114 Å². The van der Waals surface area contributed by atoms with E-state index in [1.54, 1.807) is 0 Å². The first-order valence-corrected chi connectivity index (χ1v) is 48.0. The van der Waals surface area contributed by atoms with Gasteiger partial charge in [0.25, 0.3) is 0 Å². The van der Waals surface area contributed by atoms with Crippen molar-refractivity contribution in [2.75, 3.05) is 39.6 Å². The lowest BCUT2D eigenvalue weighted by atomic mass is 9.99. The molecule has 0 aliphatic rings. The van der Waals surface area contributed by atoms with E-state index in [9.17, 15) is 43.2 Å². The molecule has 0 fully saturated rings. The lowest BCUT2D eigenvalue weighted by Gasteiger charge is -2.21. The predicted molar refractivity (Wildman–Crippen MR) is 437 cm³/mol. The summed E-state index contributed by atoms with van der Waals surface area (Å²) >= 11 is 0. The molecule has 0 aromatic heterocycles. The highest BCUT2D eigenvalue weighted by Gasteiger charge is 2.31. The van der Waals surface area contributed by atoms with Crippen LogP contribution >= 0.6 is 15.6 Å². The SMILES string of the molecule is CCCCCCCCCCCCCCC(=O)O[C@H](COC(=O)CCCCCCCCC(C)CC)COP(=O)(O)OC[C@H](O)COP(=O)(O)OC[C@@H](COC(=O)CCCCCCCCCCCCCCCCCCCCC(C)CC)OC(=O)CCCCCCCCCCCCCCCCCCCCC(C)CC. The van der Waals surface area contributed by atoms with Crippen molar-refractivity contribution in [2.45, 2.75) is 478 Å². The van der Waals surface area contributed by atoms with Crippen molar-refractivity contribution in [1.29, 1.82) is 0 Å². The van der Waals surface area contributed by atoms with E-state index in [4.69, 9.17) is 37.0 Å². The van der Waals surface area contributed by atoms with Crippen LogP contribution in [0, 0.1) is 17.8 Å². The number of aliphatic hydroxyl groups is 1. The van der Waals surface area contributed by atoms with Crippen LogP contribution in [-0.4, -0.2) is 96.7 Å². The minimum Gasteiger partial charge on any atom is -0.462 e. The molecule has 630 valence electrons. The zero-order valence-electron chi connectivity index (χ0n) is 69.9. The smallest absolute Gasteiger partial charge is 0.462 e. The molecule has 0 heterocycles. The second-order valence-corrected chi connectivity index (χ2v) is 34.9. The summed E-state index contributed by atoms with van der Waals surface area (Å²) in [7, 11) is -9.93. The van der Waals surface area contributed by atoms with Crippen LogP contribution in [0.5, 0.6) is 0 Å². The third kappa shape index (κ3) is 76.1. The van der Waals surface area contributed by atoms with Crippen LogP contribution in [0.1, 0.15) is 459 Å². The number of carbonyl (C=O) groups excluding carboxylic acids is 4. The molecule has 17 nitrogen and oxygen atoms in total. The summed E-state index contributed by atoms with van der Waals surface area (Å²) in [5, 5.41) is 10.7. The minimum absolute atomic E-state index is 0.107. The maximum atomic E-state index is 13.2. The van der Waals surface area contributed by atoms with Crippen LogP contribution in [0.4, 0.5) is 0 Å². The molecule has 0 radical (unpaired) electrons. The number of rotatable bonds is 85. The largest absolute Gasteiger partial charge is 0.472 e. The Bertz CT molecular complexity index is 2050. The number of unbranched alkanes of at least 4 members (excludes halogenated alkanes) is 50.